The number of benzene rings is 1. The van der Waals surface area contributed by atoms with E-state index in [0.717, 1.165) is 70.1 Å². The summed E-state index contributed by atoms with van der Waals surface area (Å²) in [5, 5.41) is 20.5. The molecule has 272 valence electrons. The fourth-order valence-corrected chi connectivity index (χ4v) is 7.11. The van der Waals surface area contributed by atoms with E-state index < -0.39 is 35.2 Å². The first kappa shape index (κ1) is 37.1. The minimum atomic E-state index is -1.09. The molecular formula is C35H48FN7O7. The van der Waals surface area contributed by atoms with E-state index in [1.165, 1.54) is 11.2 Å². The number of amides is 1. The maximum atomic E-state index is 15.5. The van der Waals surface area contributed by atoms with Crippen molar-refractivity contribution in [3.05, 3.63) is 35.9 Å². The highest BCUT2D eigenvalue weighted by molar-refractivity contribution is 6.01. The van der Waals surface area contributed by atoms with Crippen molar-refractivity contribution in [1.29, 1.82) is 0 Å². The number of carbonyl (C=O) groups excluding carboxylic acids is 3. The Bertz CT molecular complexity index is 1580. The lowest BCUT2D eigenvalue weighted by atomic mass is 9.76. The van der Waals surface area contributed by atoms with Gasteiger partial charge in [0.1, 0.15) is 6.33 Å². The fraction of sp³-hybridized carbons (Fsp3) is 0.600. The van der Waals surface area contributed by atoms with E-state index in [-0.39, 0.29) is 35.3 Å². The molecular weight excluding hydrogens is 649 g/mol. The standard InChI is InChI=1S/C35H48FN7O7/c1-6-43(23(4)5)34(47)24-17-25(36)30-31(49-28(46)11-10-27(45)48-30)29(24)50-33-32(38-21-39-40-33)41-15-12-35(18-41)19-42(20-35)26(22(2)3)9-7-13-37-14-8-16-44/h10-11,17,21-23,26,37,44H,6-9,12-16,18-20H2,1-5H3/b11-10+/t26-/m1/s1. The van der Waals surface area contributed by atoms with Crippen LogP contribution in [0.25, 0.3) is 0 Å². The van der Waals surface area contributed by atoms with Crippen LogP contribution >= 0.6 is 0 Å². The number of aliphatic hydroxyl groups excluding tert-OH is 1. The minimum absolute atomic E-state index is 0.0516. The average molecular weight is 698 g/mol. The first-order valence-electron chi connectivity index (χ1n) is 17.4. The molecule has 0 aliphatic carbocycles. The highest BCUT2D eigenvalue weighted by atomic mass is 19.1. The van der Waals surface area contributed by atoms with Crippen molar-refractivity contribution >= 4 is 23.7 Å². The van der Waals surface area contributed by atoms with Crippen molar-refractivity contribution in [1.82, 2.24) is 30.3 Å². The molecule has 1 aromatic heterocycles. The Kier molecular flexibility index (Phi) is 12.0. The zero-order chi connectivity index (χ0) is 36.0. The lowest BCUT2D eigenvalue weighted by Gasteiger charge is -2.53. The third-order valence-corrected chi connectivity index (χ3v) is 9.55. The molecule has 3 aliphatic heterocycles. The van der Waals surface area contributed by atoms with Crippen LogP contribution in [0.4, 0.5) is 10.2 Å². The van der Waals surface area contributed by atoms with Gasteiger partial charge in [0.25, 0.3) is 11.8 Å². The molecule has 1 atom stereocenters. The molecule has 2 aromatic rings. The molecule has 1 amide bonds. The van der Waals surface area contributed by atoms with Gasteiger partial charge >= 0.3 is 11.9 Å². The summed E-state index contributed by atoms with van der Waals surface area (Å²) in [4.78, 5) is 49.3. The molecule has 1 spiro atoms. The van der Waals surface area contributed by atoms with Crippen LogP contribution < -0.4 is 24.4 Å². The van der Waals surface area contributed by atoms with E-state index in [0.29, 0.717) is 37.4 Å². The topological polar surface area (TPSA) is 160 Å². The summed E-state index contributed by atoms with van der Waals surface area (Å²) in [6.45, 7) is 15.4. The maximum Gasteiger partial charge on any atom is 0.336 e. The number of hydrogen-bond acceptors (Lipinski definition) is 13. The van der Waals surface area contributed by atoms with Crippen molar-refractivity contribution in [3.63, 3.8) is 0 Å². The number of fused-ring (bicyclic) bond motifs is 1. The van der Waals surface area contributed by atoms with Crippen LogP contribution in [-0.4, -0.2) is 112 Å². The molecule has 1 aromatic carbocycles. The summed E-state index contributed by atoms with van der Waals surface area (Å²) >= 11 is 0. The molecule has 5 rings (SSSR count). The van der Waals surface area contributed by atoms with Gasteiger partial charge in [-0.15, -0.1) is 10.2 Å². The summed E-state index contributed by atoms with van der Waals surface area (Å²) in [5.74, 6) is -4.48. The molecule has 3 aliphatic rings. The molecule has 0 saturated carbocycles. The number of nitrogens with one attached hydrogen (secondary N) is 1. The number of hydrogen-bond donors (Lipinski definition) is 2. The molecule has 15 heteroatoms. The Labute approximate surface area is 292 Å². The fourth-order valence-electron chi connectivity index (χ4n) is 7.11. The molecule has 2 saturated heterocycles. The predicted molar refractivity (Wildman–Crippen MR) is 182 cm³/mol. The van der Waals surface area contributed by atoms with Gasteiger partial charge < -0.3 is 34.4 Å². The van der Waals surface area contributed by atoms with E-state index in [2.05, 4.69) is 44.1 Å². The Morgan fingerprint density at radius 1 is 1.10 bits per heavy atom. The molecule has 0 bridgehead atoms. The van der Waals surface area contributed by atoms with Gasteiger partial charge in [0.05, 0.1) is 5.56 Å². The van der Waals surface area contributed by atoms with Crippen molar-refractivity contribution in [2.75, 3.05) is 57.3 Å². The summed E-state index contributed by atoms with van der Waals surface area (Å²) in [7, 11) is 0. The number of aromatic nitrogens is 3. The lowest BCUT2D eigenvalue weighted by Crippen LogP contribution is -2.62. The summed E-state index contributed by atoms with van der Waals surface area (Å²) < 4.78 is 32.4. The van der Waals surface area contributed by atoms with E-state index in [1.807, 2.05) is 13.8 Å². The van der Waals surface area contributed by atoms with Gasteiger partial charge in [-0.3, -0.25) is 9.69 Å². The van der Waals surface area contributed by atoms with Gasteiger partial charge in [0, 0.05) is 69.0 Å². The molecule has 14 nitrogen and oxygen atoms in total. The number of nitrogens with zero attached hydrogens (tertiary/aromatic N) is 6. The van der Waals surface area contributed by atoms with Crippen LogP contribution in [0.15, 0.2) is 24.5 Å². The molecule has 2 N–H and O–H groups in total. The van der Waals surface area contributed by atoms with Crippen molar-refractivity contribution < 1.29 is 38.1 Å². The van der Waals surface area contributed by atoms with Gasteiger partial charge in [-0.2, -0.15) is 0 Å². The first-order valence-corrected chi connectivity index (χ1v) is 17.4. The second-order valence-electron chi connectivity index (χ2n) is 13.8. The number of aliphatic hydroxyl groups is 1. The van der Waals surface area contributed by atoms with E-state index in [1.54, 1.807) is 6.92 Å². The Morgan fingerprint density at radius 2 is 1.80 bits per heavy atom. The van der Waals surface area contributed by atoms with Gasteiger partial charge in [0.15, 0.2) is 17.4 Å². The van der Waals surface area contributed by atoms with E-state index in [4.69, 9.17) is 19.3 Å². The molecule has 0 radical (unpaired) electrons. The number of anilines is 1. The average Bonchev–Trinajstić information content (AvgIpc) is 3.51. The number of likely N-dealkylation sites (tertiary alicyclic amines) is 1. The van der Waals surface area contributed by atoms with Crippen LogP contribution in [0.2, 0.25) is 0 Å². The SMILES string of the molecule is CCN(C(=O)c1cc(F)c2c(c1Oc1nncnc1N1CCC3(C1)CN([C@H](CCCNCCCO)C(C)C)C3)OC(=O)/C=C/C(=O)O2)C(C)C. The number of carbonyl (C=O) groups is 3. The van der Waals surface area contributed by atoms with Crippen LogP contribution in [-0.2, 0) is 9.59 Å². The Balaban J connectivity index is 1.39. The second kappa shape index (κ2) is 16.2. The van der Waals surface area contributed by atoms with Gasteiger partial charge in [0.2, 0.25) is 11.5 Å². The third kappa shape index (κ3) is 8.22. The lowest BCUT2D eigenvalue weighted by molar-refractivity contribution is -0.133. The van der Waals surface area contributed by atoms with Crippen LogP contribution in [0.3, 0.4) is 0 Å². The zero-order valence-electron chi connectivity index (χ0n) is 29.5. The molecule has 0 unspecified atom stereocenters. The van der Waals surface area contributed by atoms with Crippen molar-refractivity contribution in [2.45, 2.75) is 72.4 Å². The van der Waals surface area contributed by atoms with Crippen LogP contribution in [0.1, 0.15) is 70.7 Å². The third-order valence-electron chi connectivity index (χ3n) is 9.55. The normalized spacial score (nSPS) is 18.3. The predicted octanol–water partition coefficient (Wildman–Crippen LogP) is 3.34. The number of ether oxygens (including phenoxy) is 3. The van der Waals surface area contributed by atoms with Gasteiger partial charge in [-0.25, -0.2) is 19.0 Å². The number of rotatable bonds is 15. The largest absolute Gasteiger partial charge is 0.430 e. The minimum Gasteiger partial charge on any atom is -0.430 e. The van der Waals surface area contributed by atoms with Crippen LogP contribution in [0, 0.1) is 17.2 Å². The van der Waals surface area contributed by atoms with E-state index >= 15 is 4.39 Å². The monoisotopic (exact) mass is 697 g/mol. The number of esters is 2. The molecule has 50 heavy (non-hydrogen) atoms. The number of halogens is 1. The van der Waals surface area contributed by atoms with Gasteiger partial charge in [-0.1, -0.05) is 13.8 Å². The second-order valence-corrected chi connectivity index (χ2v) is 13.8. The summed E-state index contributed by atoms with van der Waals surface area (Å²) in [6.07, 6.45) is 6.79. The smallest absolute Gasteiger partial charge is 0.336 e. The van der Waals surface area contributed by atoms with Crippen LogP contribution in [0.5, 0.6) is 23.1 Å². The quantitative estimate of drug-likeness (QED) is 0.159. The Morgan fingerprint density at radius 3 is 2.46 bits per heavy atom. The summed E-state index contributed by atoms with van der Waals surface area (Å²) in [5.41, 5.74) is -0.201. The van der Waals surface area contributed by atoms with Crippen molar-refractivity contribution in [2.24, 2.45) is 11.3 Å². The summed E-state index contributed by atoms with van der Waals surface area (Å²) in [6, 6.07) is 1.11. The van der Waals surface area contributed by atoms with Gasteiger partial charge in [-0.05, 0) is 71.5 Å². The first-order chi connectivity index (χ1) is 24.0. The van der Waals surface area contributed by atoms with Crippen molar-refractivity contribution in [3.8, 4) is 23.1 Å². The maximum absolute atomic E-state index is 15.5. The molecule has 4 heterocycles. The molecule has 2 fully saturated rings. The van der Waals surface area contributed by atoms with E-state index in [9.17, 15) is 14.4 Å². The zero-order valence-corrected chi connectivity index (χ0v) is 29.5. The Hall–Kier alpha value is -4.21. The highest BCUT2D eigenvalue weighted by Gasteiger charge is 2.50. The highest BCUT2D eigenvalue weighted by Crippen LogP contribution is 2.48.